The van der Waals surface area contributed by atoms with Crippen molar-refractivity contribution in [2.24, 2.45) is 0 Å². The van der Waals surface area contributed by atoms with Crippen molar-refractivity contribution in [3.63, 3.8) is 0 Å². The molecule has 130 valence electrons. The van der Waals surface area contributed by atoms with Crippen LogP contribution in [0.2, 0.25) is 0 Å². The van der Waals surface area contributed by atoms with E-state index in [-0.39, 0.29) is 10.9 Å². The summed E-state index contributed by atoms with van der Waals surface area (Å²) < 4.78 is 32.0. The van der Waals surface area contributed by atoms with Crippen molar-refractivity contribution in [3.8, 4) is 0 Å². The van der Waals surface area contributed by atoms with Gasteiger partial charge in [0.25, 0.3) is 0 Å². The number of nitrogens with zero attached hydrogens (tertiary/aromatic N) is 1. The van der Waals surface area contributed by atoms with Gasteiger partial charge in [-0.1, -0.05) is 54.1 Å². The number of hydrogen-bond donors (Lipinski definition) is 0. The molecule has 0 N–H and O–H groups in total. The van der Waals surface area contributed by atoms with E-state index in [0.29, 0.717) is 0 Å². The molecule has 25 heavy (non-hydrogen) atoms. The number of sulfonamides is 1. The number of esters is 1. The lowest BCUT2D eigenvalue weighted by molar-refractivity contribution is -0.134. The first-order valence-electron chi connectivity index (χ1n) is 7.86. The Balaban J connectivity index is 1.95. The van der Waals surface area contributed by atoms with Crippen molar-refractivity contribution in [2.45, 2.75) is 23.9 Å². The van der Waals surface area contributed by atoms with Gasteiger partial charge in [-0.2, -0.15) is 4.31 Å². The van der Waals surface area contributed by atoms with Crippen LogP contribution in [0.15, 0.2) is 71.6 Å². The first-order chi connectivity index (χ1) is 11.9. The van der Waals surface area contributed by atoms with Crippen molar-refractivity contribution in [3.05, 3.63) is 77.9 Å². The normalized spacial score (nSPS) is 22.7. The molecule has 0 bridgehead atoms. The molecule has 0 spiro atoms. The Bertz CT molecular complexity index is 889. The van der Waals surface area contributed by atoms with Gasteiger partial charge in [0.15, 0.2) is 0 Å². The van der Waals surface area contributed by atoms with Crippen LogP contribution in [0.5, 0.6) is 0 Å². The van der Waals surface area contributed by atoms with E-state index in [1.54, 1.807) is 30.3 Å². The molecule has 0 aromatic heterocycles. The van der Waals surface area contributed by atoms with Gasteiger partial charge in [-0.05, 0) is 24.6 Å². The second kappa shape index (κ2) is 6.82. The molecular formula is C19H19NO4S. The molecule has 0 radical (unpaired) electrons. The van der Waals surface area contributed by atoms with Gasteiger partial charge in [-0.3, -0.25) is 0 Å². The Hall–Kier alpha value is -2.44. The lowest BCUT2D eigenvalue weighted by Crippen LogP contribution is -2.14. The van der Waals surface area contributed by atoms with Crippen LogP contribution in [0.4, 0.5) is 0 Å². The lowest BCUT2D eigenvalue weighted by atomic mass is 10.1. The van der Waals surface area contributed by atoms with Crippen LogP contribution in [-0.4, -0.2) is 31.8 Å². The molecule has 0 saturated carbocycles. The number of methoxy groups -OCH3 is 1. The van der Waals surface area contributed by atoms with Crippen LogP contribution >= 0.6 is 0 Å². The third-order valence-electron chi connectivity index (χ3n) is 4.17. The largest absolute Gasteiger partial charge is 0.466 e. The molecule has 1 fully saturated rings. The Morgan fingerprint density at radius 1 is 1.08 bits per heavy atom. The molecule has 3 atom stereocenters. The number of aryl methyl sites for hydroxylation is 1. The van der Waals surface area contributed by atoms with Crippen LogP contribution in [-0.2, 0) is 19.6 Å². The topological polar surface area (TPSA) is 63.5 Å². The highest BCUT2D eigenvalue weighted by Crippen LogP contribution is 2.48. The lowest BCUT2D eigenvalue weighted by Gasteiger charge is -2.07. The van der Waals surface area contributed by atoms with E-state index in [1.165, 1.54) is 17.5 Å². The molecular weight excluding hydrogens is 338 g/mol. The predicted octanol–water partition coefficient (Wildman–Crippen LogP) is 2.84. The van der Waals surface area contributed by atoms with Crippen LogP contribution in [0, 0.1) is 6.92 Å². The number of carbonyl (C=O) groups excluding carboxylic acids is 1. The smallest absolute Gasteiger partial charge is 0.330 e. The Morgan fingerprint density at radius 2 is 1.72 bits per heavy atom. The summed E-state index contributed by atoms with van der Waals surface area (Å²) in [6, 6.07) is 15.4. The Kier molecular flexibility index (Phi) is 4.74. The number of hydrogen-bond acceptors (Lipinski definition) is 4. The second-order valence-electron chi connectivity index (χ2n) is 5.88. The van der Waals surface area contributed by atoms with Gasteiger partial charge < -0.3 is 4.74 Å². The Labute approximate surface area is 147 Å². The van der Waals surface area contributed by atoms with E-state index in [0.717, 1.165) is 11.1 Å². The highest BCUT2D eigenvalue weighted by molar-refractivity contribution is 7.89. The summed E-state index contributed by atoms with van der Waals surface area (Å²) in [5, 5.41) is 0. The maximum atomic E-state index is 13.0. The highest BCUT2D eigenvalue weighted by Gasteiger charge is 2.54. The first-order valence-corrected chi connectivity index (χ1v) is 9.30. The fourth-order valence-electron chi connectivity index (χ4n) is 2.80. The molecule has 2 aromatic rings. The van der Waals surface area contributed by atoms with Crippen molar-refractivity contribution >= 4 is 16.0 Å². The number of benzene rings is 2. The number of rotatable bonds is 5. The van der Waals surface area contributed by atoms with Crippen LogP contribution in [0.25, 0.3) is 0 Å². The standard InChI is InChI=1S/C19H19NO4S/c1-14-8-10-16(11-9-14)25(22,23)20-17(12-13-18(21)24-2)19(20)15-6-4-3-5-7-15/h3-13,17,19H,1-2H3/b13-12-/t17-,19+,20?/m0/s1. The monoisotopic (exact) mass is 357 g/mol. The van der Waals surface area contributed by atoms with Crippen molar-refractivity contribution in [1.29, 1.82) is 0 Å². The zero-order valence-corrected chi connectivity index (χ0v) is 14.8. The quantitative estimate of drug-likeness (QED) is 0.469. The van der Waals surface area contributed by atoms with Crippen molar-refractivity contribution in [1.82, 2.24) is 4.31 Å². The molecule has 1 heterocycles. The van der Waals surface area contributed by atoms with Crippen LogP contribution in [0.3, 0.4) is 0 Å². The average Bonchev–Trinajstić information content (AvgIpc) is 3.36. The molecule has 1 aliphatic rings. The van der Waals surface area contributed by atoms with E-state index < -0.39 is 22.0 Å². The fraction of sp³-hybridized carbons (Fsp3) is 0.211. The van der Waals surface area contributed by atoms with Gasteiger partial charge in [-0.25, -0.2) is 13.2 Å². The van der Waals surface area contributed by atoms with E-state index in [1.807, 2.05) is 37.3 Å². The summed E-state index contributed by atoms with van der Waals surface area (Å²) in [5.41, 5.74) is 1.88. The van der Waals surface area contributed by atoms with E-state index in [2.05, 4.69) is 4.74 Å². The predicted molar refractivity (Wildman–Crippen MR) is 94.3 cm³/mol. The van der Waals surface area contributed by atoms with Crippen LogP contribution in [0.1, 0.15) is 17.2 Å². The third kappa shape index (κ3) is 3.50. The molecule has 0 aliphatic carbocycles. The summed E-state index contributed by atoms with van der Waals surface area (Å²) in [4.78, 5) is 11.6. The maximum Gasteiger partial charge on any atom is 0.330 e. The molecule has 5 nitrogen and oxygen atoms in total. The van der Waals surface area contributed by atoms with Gasteiger partial charge >= 0.3 is 5.97 Å². The minimum atomic E-state index is -3.65. The van der Waals surface area contributed by atoms with E-state index >= 15 is 0 Å². The number of ether oxygens (including phenoxy) is 1. The molecule has 1 saturated heterocycles. The van der Waals surface area contributed by atoms with Gasteiger partial charge in [-0.15, -0.1) is 0 Å². The molecule has 1 aliphatic heterocycles. The summed E-state index contributed by atoms with van der Waals surface area (Å²) in [6.45, 7) is 1.91. The zero-order valence-electron chi connectivity index (χ0n) is 14.0. The molecule has 2 aromatic carbocycles. The summed E-state index contributed by atoms with van der Waals surface area (Å²) in [5.74, 6) is -0.508. The summed E-state index contributed by atoms with van der Waals surface area (Å²) in [7, 11) is -2.37. The summed E-state index contributed by atoms with van der Waals surface area (Å²) in [6.07, 6.45) is 2.85. The van der Waals surface area contributed by atoms with E-state index in [9.17, 15) is 13.2 Å². The molecule has 1 unspecified atom stereocenters. The average molecular weight is 357 g/mol. The fourth-order valence-corrected chi connectivity index (χ4v) is 4.52. The van der Waals surface area contributed by atoms with Gasteiger partial charge in [0.1, 0.15) is 0 Å². The minimum absolute atomic E-state index is 0.244. The zero-order chi connectivity index (χ0) is 18.0. The molecule has 0 amide bonds. The SMILES string of the molecule is COC(=O)/C=C\[C@H]1[C@@H](c2ccccc2)N1S(=O)(=O)c1ccc(C)cc1. The molecule has 6 heteroatoms. The highest BCUT2D eigenvalue weighted by atomic mass is 32.2. The Morgan fingerprint density at radius 3 is 2.32 bits per heavy atom. The first kappa shape index (κ1) is 17.4. The van der Waals surface area contributed by atoms with Crippen molar-refractivity contribution < 1.29 is 17.9 Å². The van der Waals surface area contributed by atoms with Gasteiger partial charge in [0, 0.05) is 6.08 Å². The van der Waals surface area contributed by atoms with Gasteiger partial charge in [0.2, 0.25) is 10.0 Å². The minimum Gasteiger partial charge on any atom is -0.466 e. The van der Waals surface area contributed by atoms with Crippen molar-refractivity contribution in [2.75, 3.05) is 7.11 Å². The van der Waals surface area contributed by atoms with E-state index in [4.69, 9.17) is 0 Å². The third-order valence-corrected chi connectivity index (χ3v) is 6.06. The van der Waals surface area contributed by atoms with Gasteiger partial charge in [0.05, 0.1) is 24.1 Å². The molecule has 3 rings (SSSR count). The second-order valence-corrected chi connectivity index (χ2v) is 7.72. The number of carbonyl (C=O) groups is 1. The maximum absolute atomic E-state index is 13.0. The van der Waals surface area contributed by atoms with Crippen LogP contribution < -0.4 is 0 Å². The summed E-state index contributed by atoms with van der Waals surface area (Å²) >= 11 is 0.